The molecule has 6 heteroatoms. The SMILES string of the molecule is COc1ccc(C2CCCN2C(=O)COc2ccc(I)cc2)c(OC)c1. The van der Waals surface area contributed by atoms with Crippen molar-refractivity contribution in [2.45, 2.75) is 18.9 Å². The zero-order chi connectivity index (χ0) is 18.5. The largest absolute Gasteiger partial charge is 0.497 e. The Morgan fingerprint density at radius 3 is 2.54 bits per heavy atom. The molecule has 0 aliphatic carbocycles. The molecule has 138 valence electrons. The lowest BCUT2D eigenvalue weighted by molar-refractivity contribution is -0.134. The van der Waals surface area contributed by atoms with Gasteiger partial charge in [-0.05, 0) is 71.8 Å². The molecule has 3 rings (SSSR count). The Kier molecular flexibility index (Phi) is 6.24. The number of likely N-dealkylation sites (tertiary alicyclic amines) is 1. The molecule has 1 amide bonds. The highest BCUT2D eigenvalue weighted by atomic mass is 127. The van der Waals surface area contributed by atoms with E-state index in [1.807, 2.05) is 47.4 Å². The molecule has 1 aliphatic heterocycles. The lowest BCUT2D eigenvalue weighted by Gasteiger charge is -2.26. The maximum atomic E-state index is 12.7. The summed E-state index contributed by atoms with van der Waals surface area (Å²) in [6, 6.07) is 13.4. The number of hydrogen-bond acceptors (Lipinski definition) is 4. The normalized spacial score (nSPS) is 16.4. The summed E-state index contributed by atoms with van der Waals surface area (Å²) in [6.45, 7) is 0.768. The Bertz CT molecular complexity index is 763. The van der Waals surface area contributed by atoms with E-state index < -0.39 is 0 Å². The minimum absolute atomic E-state index is 0.00341. The maximum Gasteiger partial charge on any atom is 0.261 e. The molecule has 0 N–H and O–H groups in total. The number of methoxy groups -OCH3 is 2. The molecule has 0 saturated carbocycles. The van der Waals surface area contributed by atoms with Crippen molar-refractivity contribution >= 4 is 28.5 Å². The molecular formula is C20H22INO4. The minimum Gasteiger partial charge on any atom is -0.497 e. The highest BCUT2D eigenvalue weighted by molar-refractivity contribution is 14.1. The van der Waals surface area contributed by atoms with Crippen molar-refractivity contribution in [3.8, 4) is 17.2 Å². The van der Waals surface area contributed by atoms with Gasteiger partial charge in [-0.25, -0.2) is 0 Å². The van der Waals surface area contributed by atoms with Gasteiger partial charge in [0.05, 0.1) is 20.3 Å². The van der Waals surface area contributed by atoms with E-state index in [0.29, 0.717) is 5.75 Å². The van der Waals surface area contributed by atoms with Gasteiger partial charge in [0.25, 0.3) is 5.91 Å². The molecule has 2 aromatic carbocycles. The molecule has 1 fully saturated rings. The Balaban J connectivity index is 1.71. The van der Waals surface area contributed by atoms with Crippen molar-refractivity contribution in [2.75, 3.05) is 27.4 Å². The van der Waals surface area contributed by atoms with Crippen molar-refractivity contribution in [3.05, 3.63) is 51.6 Å². The maximum absolute atomic E-state index is 12.7. The molecule has 26 heavy (non-hydrogen) atoms. The molecule has 1 atom stereocenters. The minimum atomic E-state index is -0.0103. The van der Waals surface area contributed by atoms with Crippen LogP contribution in [0.4, 0.5) is 0 Å². The van der Waals surface area contributed by atoms with Gasteiger partial charge in [0.2, 0.25) is 0 Å². The van der Waals surface area contributed by atoms with E-state index in [-0.39, 0.29) is 18.6 Å². The van der Waals surface area contributed by atoms with Crippen LogP contribution in [0.3, 0.4) is 0 Å². The van der Waals surface area contributed by atoms with E-state index in [4.69, 9.17) is 14.2 Å². The van der Waals surface area contributed by atoms with Gasteiger partial charge in [0.15, 0.2) is 6.61 Å². The number of carbonyl (C=O) groups excluding carboxylic acids is 1. The van der Waals surface area contributed by atoms with Crippen LogP contribution in [-0.2, 0) is 4.79 Å². The van der Waals surface area contributed by atoms with Crippen LogP contribution in [0.1, 0.15) is 24.4 Å². The average Bonchev–Trinajstić information content (AvgIpc) is 3.16. The zero-order valence-corrected chi connectivity index (χ0v) is 17.1. The van der Waals surface area contributed by atoms with E-state index in [0.717, 1.165) is 40.0 Å². The van der Waals surface area contributed by atoms with Gasteiger partial charge in [-0.3, -0.25) is 4.79 Å². The summed E-state index contributed by atoms with van der Waals surface area (Å²) in [6.07, 6.45) is 1.88. The molecule has 0 aromatic heterocycles. The first-order valence-corrected chi connectivity index (χ1v) is 9.60. The van der Waals surface area contributed by atoms with E-state index in [1.165, 1.54) is 0 Å². The van der Waals surface area contributed by atoms with Crippen molar-refractivity contribution in [2.24, 2.45) is 0 Å². The van der Waals surface area contributed by atoms with E-state index >= 15 is 0 Å². The molecule has 0 radical (unpaired) electrons. The quantitative estimate of drug-likeness (QED) is 0.602. The second-order valence-electron chi connectivity index (χ2n) is 6.10. The fraction of sp³-hybridized carbons (Fsp3) is 0.350. The van der Waals surface area contributed by atoms with Crippen molar-refractivity contribution in [1.82, 2.24) is 4.90 Å². The number of benzene rings is 2. The molecule has 2 aromatic rings. The number of halogens is 1. The fourth-order valence-corrected chi connectivity index (χ4v) is 3.60. The topological polar surface area (TPSA) is 48.0 Å². The third-order valence-corrected chi connectivity index (χ3v) is 5.27. The number of ether oxygens (including phenoxy) is 3. The van der Waals surface area contributed by atoms with Gasteiger partial charge in [-0.2, -0.15) is 0 Å². The molecule has 5 nitrogen and oxygen atoms in total. The molecule has 0 bridgehead atoms. The summed E-state index contributed by atoms with van der Waals surface area (Å²) < 4.78 is 17.6. The third kappa shape index (κ3) is 4.23. The Hall–Kier alpha value is -1.96. The first-order chi connectivity index (χ1) is 12.6. The Morgan fingerprint density at radius 1 is 1.12 bits per heavy atom. The standard InChI is InChI=1S/C20H22INO4/c1-24-16-9-10-17(19(12-16)25-2)18-4-3-11-22(18)20(23)13-26-15-7-5-14(21)6-8-15/h5-10,12,18H,3-4,11,13H2,1-2H3. The Morgan fingerprint density at radius 2 is 1.85 bits per heavy atom. The first-order valence-electron chi connectivity index (χ1n) is 8.52. The van der Waals surface area contributed by atoms with Crippen LogP contribution in [0.2, 0.25) is 0 Å². The summed E-state index contributed by atoms with van der Waals surface area (Å²) in [5, 5.41) is 0. The van der Waals surface area contributed by atoms with Gasteiger partial charge in [-0.15, -0.1) is 0 Å². The van der Waals surface area contributed by atoms with E-state index in [2.05, 4.69) is 22.6 Å². The van der Waals surface area contributed by atoms with Crippen LogP contribution in [0.15, 0.2) is 42.5 Å². The number of rotatable bonds is 6. The van der Waals surface area contributed by atoms with Gasteiger partial charge >= 0.3 is 0 Å². The van der Waals surface area contributed by atoms with Crippen LogP contribution in [0.5, 0.6) is 17.2 Å². The first kappa shape index (κ1) is 18.8. The average molecular weight is 467 g/mol. The van der Waals surface area contributed by atoms with Crippen LogP contribution < -0.4 is 14.2 Å². The number of hydrogen-bond donors (Lipinski definition) is 0. The van der Waals surface area contributed by atoms with Gasteiger partial charge in [0, 0.05) is 21.7 Å². The predicted octanol–water partition coefficient (Wildman–Crippen LogP) is 4.05. The zero-order valence-electron chi connectivity index (χ0n) is 14.9. The molecule has 1 aliphatic rings. The van der Waals surface area contributed by atoms with E-state index in [9.17, 15) is 4.79 Å². The van der Waals surface area contributed by atoms with Crippen LogP contribution in [0.25, 0.3) is 0 Å². The molecule has 1 unspecified atom stereocenters. The lowest BCUT2D eigenvalue weighted by Crippen LogP contribution is -2.34. The highest BCUT2D eigenvalue weighted by Gasteiger charge is 2.32. The monoisotopic (exact) mass is 467 g/mol. The molecule has 1 saturated heterocycles. The van der Waals surface area contributed by atoms with E-state index in [1.54, 1.807) is 14.2 Å². The summed E-state index contributed by atoms with van der Waals surface area (Å²) in [5.74, 6) is 2.18. The third-order valence-electron chi connectivity index (χ3n) is 4.55. The summed E-state index contributed by atoms with van der Waals surface area (Å²) in [4.78, 5) is 14.6. The van der Waals surface area contributed by atoms with Crippen molar-refractivity contribution < 1.29 is 19.0 Å². The smallest absolute Gasteiger partial charge is 0.261 e. The number of amides is 1. The second kappa shape index (κ2) is 8.62. The van der Waals surface area contributed by atoms with Crippen LogP contribution >= 0.6 is 22.6 Å². The van der Waals surface area contributed by atoms with Crippen LogP contribution in [0, 0.1) is 3.57 Å². The molecule has 1 heterocycles. The van der Waals surface area contributed by atoms with Gasteiger partial charge in [-0.1, -0.05) is 0 Å². The molecular weight excluding hydrogens is 445 g/mol. The predicted molar refractivity (Wildman–Crippen MR) is 108 cm³/mol. The number of nitrogens with zero attached hydrogens (tertiary/aromatic N) is 1. The summed E-state index contributed by atoms with van der Waals surface area (Å²) in [7, 11) is 3.26. The number of carbonyl (C=O) groups is 1. The lowest BCUT2D eigenvalue weighted by atomic mass is 10.0. The van der Waals surface area contributed by atoms with Crippen LogP contribution in [-0.4, -0.2) is 38.2 Å². The van der Waals surface area contributed by atoms with Crippen molar-refractivity contribution in [3.63, 3.8) is 0 Å². The van der Waals surface area contributed by atoms with Gasteiger partial charge < -0.3 is 19.1 Å². The molecule has 0 spiro atoms. The Labute approximate surface area is 167 Å². The van der Waals surface area contributed by atoms with Gasteiger partial charge in [0.1, 0.15) is 17.2 Å². The highest BCUT2D eigenvalue weighted by Crippen LogP contribution is 2.38. The van der Waals surface area contributed by atoms with Crippen molar-refractivity contribution in [1.29, 1.82) is 0 Å². The second-order valence-corrected chi connectivity index (χ2v) is 7.34. The fourth-order valence-electron chi connectivity index (χ4n) is 3.24. The summed E-state index contributed by atoms with van der Waals surface area (Å²) in [5.41, 5.74) is 1.01. The summed E-state index contributed by atoms with van der Waals surface area (Å²) >= 11 is 2.24.